The molecule has 1 unspecified atom stereocenters. The molecule has 0 fully saturated rings. The van der Waals surface area contributed by atoms with Crippen LogP contribution in [0.4, 0.5) is 5.69 Å². The maximum absolute atomic E-state index is 10.5. The molecule has 106 valence electrons. The number of anilines is 1. The second-order valence-electron chi connectivity index (χ2n) is 4.33. The molecule has 1 heterocycles. The van der Waals surface area contributed by atoms with Crippen LogP contribution in [0.15, 0.2) is 30.5 Å². The van der Waals surface area contributed by atoms with E-state index in [1.54, 1.807) is 31.3 Å². The molecule has 0 saturated heterocycles. The van der Waals surface area contributed by atoms with Crippen molar-refractivity contribution in [2.45, 2.75) is 20.3 Å². The smallest absolute Gasteiger partial charge is 0.306 e. The monoisotopic (exact) mass is 293 g/mol. The summed E-state index contributed by atoms with van der Waals surface area (Å²) in [6, 6.07) is 5.35. The van der Waals surface area contributed by atoms with Crippen LogP contribution in [-0.4, -0.2) is 17.0 Å². The lowest BCUT2D eigenvalue weighted by Gasteiger charge is -2.12. The van der Waals surface area contributed by atoms with Gasteiger partial charge in [-0.25, -0.2) is 4.79 Å². The van der Waals surface area contributed by atoms with E-state index in [0.29, 0.717) is 10.6 Å². The first kappa shape index (κ1) is 16.0. The van der Waals surface area contributed by atoms with Crippen LogP contribution < -0.4 is 5.32 Å². The van der Waals surface area contributed by atoms with Crippen LogP contribution >= 0.6 is 11.6 Å². The predicted molar refractivity (Wildman–Crippen MR) is 80.4 cm³/mol. The van der Waals surface area contributed by atoms with Crippen molar-refractivity contribution in [2.75, 3.05) is 5.32 Å². The molecule has 0 spiro atoms. The van der Waals surface area contributed by atoms with Gasteiger partial charge in [0.1, 0.15) is 5.94 Å². The molecule has 0 bridgehead atoms. The number of nitrogens with one attached hydrogen (secondary N) is 1. The van der Waals surface area contributed by atoms with E-state index in [1.165, 1.54) is 0 Å². The number of carboxylic acids is 1. The minimum absolute atomic E-state index is 0.181. The maximum Gasteiger partial charge on any atom is 0.306 e. The number of carboxylic acid groups (broad SMARTS) is 1. The average Bonchev–Trinajstić information content (AvgIpc) is 2.46. The summed E-state index contributed by atoms with van der Waals surface area (Å²) in [7, 11) is 0. The zero-order chi connectivity index (χ0) is 15.1. The fourth-order valence-electron chi connectivity index (χ4n) is 1.43. The number of carbonyl (C=O) groups is 1. The zero-order valence-corrected chi connectivity index (χ0v) is 12.1. The number of hydrogen-bond acceptors (Lipinski definition) is 3. The van der Waals surface area contributed by atoms with Gasteiger partial charge in [-0.05, 0) is 30.7 Å². The largest absolute Gasteiger partial charge is 0.481 e. The molecule has 1 aromatic rings. The number of aliphatic carboxylic acids is 1. The fraction of sp³-hybridized carbons (Fsp3) is 0.267. The third-order valence-electron chi connectivity index (χ3n) is 2.90. The molecule has 1 aliphatic heterocycles. The minimum Gasteiger partial charge on any atom is -0.481 e. The summed E-state index contributed by atoms with van der Waals surface area (Å²) in [6.07, 6.45) is 4.09. The summed E-state index contributed by atoms with van der Waals surface area (Å²) in [5.74, 6) is 0.982. The first-order chi connectivity index (χ1) is 9.49. The van der Waals surface area contributed by atoms with E-state index in [0.717, 1.165) is 17.7 Å². The van der Waals surface area contributed by atoms with Gasteiger partial charge in [-0.2, -0.15) is 0 Å². The highest BCUT2D eigenvalue weighted by Crippen LogP contribution is 2.29. The Morgan fingerprint density at radius 1 is 1.50 bits per heavy atom. The first-order valence-electron chi connectivity index (χ1n) is 6.20. The summed E-state index contributed by atoms with van der Waals surface area (Å²) in [4.78, 5) is 20.5. The predicted octanol–water partition coefficient (Wildman–Crippen LogP) is 3.61. The molecule has 0 radical (unpaired) electrons. The zero-order valence-electron chi connectivity index (χ0n) is 11.3. The van der Waals surface area contributed by atoms with Gasteiger partial charge < -0.3 is 10.4 Å². The summed E-state index contributed by atoms with van der Waals surface area (Å²) in [5.41, 5.74) is 2.20. The van der Waals surface area contributed by atoms with Gasteiger partial charge in [-0.3, -0.25) is 4.79 Å². The molecule has 0 saturated carbocycles. The number of benzene rings is 1. The lowest BCUT2D eigenvalue weighted by Crippen LogP contribution is -2.06. The number of carbonyl (C=O) groups excluding carboxylic acids is 1. The molecule has 5 heteroatoms. The quantitative estimate of drug-likeness (QED) is 0.818. The average molecular weight is 294 g/mol. The van der Waals surface area contributed by atoms with Gasteiger partial charge in [0, 0.05) is 22.5 Å². The van der Waals surface area contributed by atoms with Crippen molar-refractivity contribution < 1.29 is 14.7 Å². The van der Waals surface area contributed by atoms with E-state index in [9.17, 15) is 9.59 Å². The van der Waals surface area contributed by atoms with Crippen molar-refractivity contribution >= 4 is 34.8 Å². The van der Waals surface area contributed by atoms with Crippen molar-refractivity contribution in [3.63, 3.8) is 0 Å². The molecule has 4 nitrogen and oxygen atoms in total. The van der Waals surface area contributed by atoms with Gasteiger partial charge in [-0.15, -0.1) is 0 Å². The van der Waals surface area contributed by atoms with E-state index >= 15 is 0 Å². The van der Waals surface area contributed by atoms with Gasteiger partial charge >= 0.3 is 5.97 Å². The van der Waals surface area contributed by atoms with Crippen LogP contribution in [0.5, 0.6) is 0 Å². The second kappa shape index (κ2) is 7.53. The summed E-state index contributed by atoms with van der Waals surface area (Å²) in [5, 5.41) is 11.8. The highest BCUT2D eigenvalue weighted by atomic mass is 35.5. The number of halogens is 1. The summed E-state index contributed by atoms with van der Waals surface area (Å²) >= 11 is 5.80. The molecule has 1 aliphatic rings. The van der Waals surface area contributed by atoms with Crippen molar-refractivity contribution in [2.24, 2.45) is 5.92 Å². The number of rotatable bonds is 2. The van der Waals surface area contributed by atoms with E-state index < -0.39 is 5.97 Å². The molecule has 20 heavy (non-hydrogen) atoms. The third kappa shape index (κ3) is 4.26. The molecule has 0 aliphatic carbocycles. The summed E-state index contributed by atoms with van der Waals surface area (Å²) in [6.45, 7) is 3.56. The Labute approximate surface area is 122 Å². The van der Waals surface area contributed by atoms with Gasteiger partial charge in [0.2, 0.25) is 0 Å². The van der Waals surface area contributed by atoms with Gasteiger partial charge in [-0.1, -0.05) is 25.4 Å². The number of hydrogen-bond donors (Lipinski definition) is 2. The van der Waals surface area contributed by atoms with Crippen molar-refractivity contribution in [3.05, 3.63) is 41.1 Å². The first-order valence-corrected chi connectivity index (χ1v) is 6.58. The van der Waals surface area contributed by atoms with Crippen molar-refractivity contribution in [1.29, 1.82) is 0 Å². The van der Waals surface area contributed by atoms with Crippen LogP contribution in [0.3, 0.4) is 0 Å². The molecule has 1 aromatic carbocycles. The minimum atomic E-state index is -0.706. The van der Waals surface area contributed by atoms with Crippen molar-refractivity contribution in [3.8, 4) is 0 Å². The molecule has 1 atom stereocenters. The Morgan fingerprint density at radius 2 is 2.20 bits per heavy atom. The third-order valence-corrected chi connectivity index (χ3v) is 3.14. The van der Waals surface area contributed by atoms with Crippen LogP contribution in [0.25, 0.3) is 5.57 Å². The summed E-state index contributed by atoms with van der Waals surface area (Å²) < 4.78 is 0. The second-order valence-corrected chi connectivity index (χ2v) is 4.77. The van der Waals surface area contributed by atoms with Gasteiger partial charge in [0.25, 0.3) is 0 Å². The standard InChI is InChI=1S/C10H6ClNO.C5H10O2/c11-8-1-2-10-9(5-8)7(6-13)3-4-12-10;1-3-4(2)5(6)7/h1-5,12H;4H,3H2,1-2H3,(H,6,7). The highest BCUT2D eigenvalue weighted by Gasteiger charge is 2.10. The Morgan fingerprint density at radius 3 is 2.70 bits per heavy atom. The Bertz CT molecular complexity index is 574. The maximum atomic E-state index is 10.5. The Hall–Kier alpha value is -2.03. The van der Waals surface area contributed by atoms with Crippen LogP contribution in [0.2, 0.25) is 5.02 Å². The van der Waals surface area contributed by atoms with Gasteiger partial charge in [0.05, 0.1) is 11.5 Å². The van der Waals surface area contributed by atoms with Crippen LogP contribution in [0.1, 0.15) is 25.8 Å². The number of allylic oxidation sites excluding steroid dienone is 2. The topological polar surface area (TPSA) is 66.4 Å². The Balaban J connectivity index is 0.000000246. The van der Waals surface area contributed by atoms with E-state index in [4.69, 9.17) is 16.7 Å². The molecule has 0 aromatic heterocycles. The van der Waals surface area contributed by atoms with Crippen LogP contribution in [0, 0.1) is 5.92 Å². The molecular weight excluding hydrogens is 278 g/mol. The molecule has 2 rings (SSSR count). The highest BCUT2D eigenvalue weighted by molar-refractivity contribution is 6.31. The molecule has 0 amide bonds. The fourth-order valence-corrected chi connectivity index (χ4v) is 1.61. The van der Waals surface area contributed by atoms with E-state index in [2.05, 4.69) is 5.32 Å². The normalized spacial score (nSPS) is 13.2. The number of fused-ring (bicyclic) bond motifs is 1. The lowest BCUT2D eigenvalue weighted by molar-refractivity contribution is -0.141. The van der Waals surface area contributed by atoms with Crippen LogP contribution in [-0.2, 0) is 9.59 Å². The Kier molecular flexibility index (Phi) is 6.04. The van der Waals surface area contributed by atoms with E-state index in [-0.39, 0.29) is 5.92 Å². The molecular formula is C15H16ClNO3. The van der Waals surface area contributed by atoms with Crippen molar-refractivity contribution in [1.82, 2.24) is 0 Å². The molecule has 2 N–H and O–H groups in total. The van der Waals surface area contributed by atoms with Gasteiger partial charge in [0.15, 0.2) is 0 Å². The van der Waals surface area contributed by atoms with E-state index in [1.807, 2.05) is 18.9 Å². The lowest BCUT2D eigenvalue weighted by atomic mass is 10.0. The SMILES string of the molecule is CCC(C)C(=O)O.O=C=C1C=CNc2ccc(Cl)cc21.